The molecule has 1 aliphatic rings. The SMILES string of the molecule is Cc1ccc([C@]2(C)CNCC2C)cc1. The smallest absolute Gasteiger partial charge is 0.00871 e. The number of hydrogen-bond acceptors (Lipinski definition) is 1. The van der Waals surface area contributed by atoms with E-state index < -0.39 is 0 Å². The molecule has 1 fully saturated rings. The summed E-state index contributed by atoms with van der Waals surface area (Å²) in [7, 11) is 0. The maximum absolute atomic E-state index is 3.48. The lowest BCUT2D eigenvalue weighted by atomic mass is 9.75. The predicted octanol–water partition coefficient (Wildman–Crippen LogP) is 2.49. The summed E-state index contributed by atoms with van der Waals surface area (Å²) in [6.45, 7) is 9.09. The second kappa shape index (κ2) is 3.39. The molecule has 1 aromatic carbocycles. The van der Waals surface area contributed by atoms with Crippen LogP contribution in [0.4, 0.5) is 0 Å². The first-order valence-electron chi connectivity index (χ1n) is 5.41. The third-order valence-electron chi connectivity index (χ3n) is 3.74. The molecule has 14 heavy (non-hydrogen) atoms. The van der Waals surface area contributed by atoms with Crippen LogP contribution in [-0.4, -0.2) is 13.1 Å². The van der Waals surface area contributed by atoms with Gasteiger partial charge in [-0.3, -0.25) is 0 Å². The van der Waals surface area contributed by atoms with E-state index in [9.17, 15) is 0 Å². The lowest BCUT2D eigenvalue weighted by Crippen LogP contribution is -2.29. The zero-order valence-electron chi connectivity index (χ0n) is 9.30. The topological polar surface area (TPSA) is 12.0 Å². The molecule has 2 atom stereocenters. The summed E-state index contributed by atoms with van der Waals surface area (Å²) < 4.78 is 0. The first-order chi connectivity index (χ1) is 6.63. The molecule has 1 aromatic rings. The van der Waals surface area contributed by atoms with Gasteiger partial charge in [-0.1, -0.05) is 43.7 Å². The van der Waals surface area contributed by atoms with Gasteiger partial charge in [0.05, 0.1) is 0 Å². The van der Waals surface area contributed by atoms with Crippen LogP contribution < -0.4 is 5.32 Å². The average molecular weight is 189 g/mol. The Hall–Kier alpha value is -0.820. The summed E-state index contributed by atoms with van der Waals surface area (Å²) in [6, 6.07) is 8.98. The van der Waals surface area contributed by atoms with E-state index in [1.54, 1.807) is 0 Å². The normalized spacial score (nSPS) is 32.1. The van der Waals surface area contributed by atoms with Crippen LogP contribution in [-0.2, 0) is 5.41 Å². The highest BCUT2D eigenvalue weighted by Gasteiger charge is 2.36. The van der Waals surface area contributed by atoms with Crippen LogP contribution in [0.15, 0.2) is 24.3 Å². The fourth-order valence-electron chi connectivity index (χ4n) is 2.27. The van der Waals surface area contributed by atoms with Crippen molar-refractivity contribution in [1.82, 2.24) is 5.32 Å². The van der Waals surface area contributed by atoms with Gasteiger partial charge in [0.1, 0.15) is 0 Å². The Morgan fingerprint density at radius 3 is 2.43 bits per heavy atom. The molecule has 0 aliphatic carbocycles. The standard InChI is InChI=1S/C13H19N/c1-10-4-6-12(7-5-10)13(3)9-14-8-11(13)2/h4-7,11,14H,8-9H2,1-3H3/t11?,13-/m1/s1. The fourth-order valence-corrected chi connectivity index (χ4v) is 2.27. The zero-order valence-corrected chi connectivity index (χ0v) is 9.30. The predicted molar refractivity (Wildman–Crippen MR) is 60.6 cm³/mol. The highest BCUT2D eigenvalue weighted by molar-refractivity contribution is 5.30. The van der Waals surface area contributed by atoms with Crippen LogP contribution in [0.5, 0.6) is 0 Å². The van der Waals surface area contributed by atoms with Crippen molar-refractivity contribution in [3.63, 3.8) is 0 Å². The third kappa shape index (κ3) is 1.46. The van der Waals surface area contributed by atoms with Gasteiger partial charge in [0.2, 0.25) is 0 Å². The molecule has 0 saturated carbocycles. The summed E-state index contributed by atoms with van der Waals surface area (Å²) in [5.74, 6) is 0.727. The molecule has 0 aromatic heterocycles. The molecule has 1 aliphatic heterocycles. The first kappa shape index (κ1) is 9.72. The van der Waals surface area contributed by atoms with Crippen LogP contribution in [0.3, 0.4) is 0 Å². The molecule has 0 bridgehead atoms. The van der Waals surface area contributed by atoms with E-state index in [2.05, 4.69) is 50.4 Å². The van der Waals surface area contributed by atoms with E-state index in [0.717, 1.165) is 19.0 Å². The van der Waals surface area contributed by atoms with Gasteiger partial charge in [-0.15, -0.1) is 0 Å². The van der Waals surface area contributed by atoms with Crippen molar-refractivity contribution in [2.45, 2.75) is 26.2 Å². The number of hydrogen-bond donors (Lipinski definition) is 1. The van der Waals surface area contributed by atoms with E-state index in [-0.39, 0.29) is 0 Å². The lowest BCUT2D eigenvalue weighted by molar-refractivity contribution is 0.404. The molecule has 1 heteroatoms. The average Bonchev–Trinajstić information content (AvgIpc) is 2.49. The van der Waals surface area contributed by atoms with Crippen LogP contribution in [0.25, 0.3) is 0 Å². The minimum absolute atomic E-state index is 0.327. The maximum Gasteiger partial charge on any atom is 0.00871 e. The van der Waals surface area contributed by atoms with Crippen LogP contribution in [0, 0.1) is 12.8 Å². The van der Waals surface area contributed by atoms with E-state index in [0.29, 0.717) is 5.41 Å². The van der Waals surface area contributed by atoms with Crippen molar-refractivity contribution < 1.29 is 0 Å². The molecular weight excluding hydrogens is 170 g/mol. The highest BCUT2D eigenvalue weighted by Crippen LogP contribution is 2.34. The Morgan fingerprint density at radius 2 is 1.93 bits per heavy atom. The maximum atomic E-state index is 3.48. The molecule has 1 saturated heterocycles. The molecule has 76 valence electrons. The van der Waals surface area contributed by atoms with E-state index in [1.807, 2.05) is 0 Å². The Bertz CT molecular complexity index is 315. The monoisotopic (exact) mass is 189 g/mol. The Balaban J connectivity index is 2.34. The van der Waals surface area contributed by atoms with Crippen LogP contribution in [0.1, 0.15) is 25.0 Å². The molecule has 2 rings (SSSR count). The van der Waals surface area contributed by atoms with E-state index in [4.69, 9.17) is 0 Å². The Kier molecular flexibility index (Phi) is 2.36. The molecule has 0 radical (unpaired) electrons. The van der Waals surface area contributed by atoms with Crippen molar-refractivity contribution in [1.29, 1.82) is 0 Å². The summed E-state index contributed by atoms with van der Waals surface area (Å²) in [5, 5.41) is 3.48. The fraction of sp³-hybridized carbons (Fsp3) is 0.538. The van der Waals surface area contributed by atoms with Gasteiger partial charge in [0.15, 0.2) is 0 Å². The van der Waals surface area contributed by atoms with Gasteiger partial charge < -0.3 is 5.32 Å². The summed E-state index contributed by atoms with van der Waals surface area (Å²) in [4.78, 5) is 0. The van der Waals surface area contributed by atoms with Crippen molar-refractivity contribution >= 4 is 0 Å². The van der Waals surface area contributed by atoms with Crippen molar-refractivity contribution in [3.8, 4) is 0 Å². The Labute approximate surface area is 86.5 Å². The quantitative estimate of drug-likeness (QED) is 0.715. The minimum Gasteiger partial charge on any atom is -0.316 e. The second-order valence-electron chi connectivity index (χ2n) is 4.82. The van der Waals surface area contributed by atoms with Gasteiger partial charge in [0, 0.05) is 12.0 Å². The molecule has 1 heterocycles. The van der Waals surface area contributed by atoms with Gasteiger partial charge in [-0.05, 0) is 24.9 Å². The van der Waals surface area contributed by atoms with Gasteiger partial charge >= 0.3 is 0 Å². The van der Waals surface area contributed by atoms with Crippen molar-refractivity contribution in [2.75, 3.05) is 13.1 Å². The molecule has 1 nitrogen and oxygen atoms in total. The van der Waals surface area contributed by atoms with Gasteiger partial charge in [-0.25, -0.2) is 0 Å². The second-order valence-corrected chi connectivity index (χ2v) is 4.82. The summed E-state index contributed by atoms with van der Waals surface area (Å²) >= 11 is 0. The highest BCUT2D eigenvalue weighted by atomic mass is 14.9. The number of aryl methyl sites for hydroxylation is 1. The molecule has 1 N–H and O–H groups in total. The van der Waals surface area contributed by atoms with Gasteiger partial charge in [-0.2, -0.15) is 0 Å². The molecule has 1 unspecified atom stereocenters. The van der Waals surface area contributed by atoms with Crippen LogP contribution >= 0.6 is 0 Å². The first-order valence-corrected chi connectivity index (χ1v) is 5.41. The largest absolute Gasteiger partial charge is 0.316 e. The van der Waals surface area contributed by atoms with E-state index >= 15 is 0 Å². The van der Waals surface area contributed by atoms with Crippen molar-refractivity contribution in [3.05, 3.63) is 35.4 Å². The summed E-state index contributed by atoms with van der Waals surface area (Å²) in [5.41, 5.74) is 3.14. The van der Waals surface area contributed by atoms with Gasteiger partial charge in [0.25, 0.3) is 0 Å². The summed E-state index contributed by atoms with van der Waals surface area (Å²) in [6.07, 6.45) is 0. The minimum atomic E-state index is 0.327. The number of nitrogens with one attached hydrogen (secondary N) is 1. The zero-order chi connectivity index (χ0) is 10.2. The van der Waals surface area contributed by atoms with Crippen LogP contribution in [0.2, 0.25) is 0 Å². The lowest BCUT2D eigenvalue weighted by Gasteiger charge is -2.28. The van der Waals surface area contributed by atoms with Crippen molar-refractivity contribution in [2.24, 2.45) is 5.92 Å². The Morgan fingerprint density at radius 1 is 1.29 bits per heavy atom. The third-order valence-corrected chi connectivity index (χ3v) is 3.74. The van der Waals surface area contributed by atoms with E-state index in [1.165, 1.54) is 11.1 Å². The molecular formula is C13H19N. The molecule has 0 amide bonds. The number of benzene rings is 1. The number of rotatable bonds is 1. The molecule has 0 spiro atoms.